The van der Waals surface area contributed by atoms with Gasteiger partial charge in [-0.1, -0.05) is 12.1 Å². The number of aromatic carboxylic acids is 1. The third-order valence-corrected chi connectivity index (χ3v) is 6.11. The molecule has 0 unspecified atom stereocenters. The fourth-order valence-corrected chi connectivity index (χ4v) is 4.64. The zero-order chi connectivity index (χ0) is 22.1. The van der Waals surface area contributed by atoms with Crippen LogP contribution in [0.15, 0.2) is 47.5 Å². The lowest BCUT2D eigenvalue weighted by molar-refractivity contribution is 0.0695. The Morgan fingerprint density at radius 2 is 2.12 bits per heavy atom. The summed E-state index contributed by atoms with van der Waals surface area (Å²) in [5, 5.41) is 10.4. The highest BCUT2D eigenvalue weighted by molar-refractivity contribution is 6.01. The molecule has 1 fully saturated rings. The highest BCUT2D eigenvalue weighted by Gasteiger charge is 2.33. The number of nitrogens with two attached hydrogens (primary N) is 1. The van der Waals surface area contributed by atoms with Crippen LogP contribution >= 0.6 is 0 Å². The van der Waals surface area contributed by atoms with Crippen molar-refractivity contribution in [1.82, 2.24) is 9.55 Å². The summed E-state index contributed by atoms with van der Waals surface area (Å²) in [5.74, 6) is -1.52. The van der Waals surface area contributed by atoms with Gasteiger partial charge in [0.2, 0.25) is 5.43 Å². The summed E-state index contributed by atoms with van der Waals surface area (Å²) in [6.45, 7) is 0.981. The number of carboxylic acids is 1. The van der Waals surface area contributed by atoms with E-state index in [0.29, 0.717) is 42.0 Å². The van der Waals surface area contributed by atoms with Crippen LogP contribution in [0.4, 0.5) is 10.1 Å². The van der Waals surface area contributed by atoms with Crippen molar-refractivity contribution < 1.29 is 19.0 Å². The molecule has 2 aliphatic rings. The first-order valence-electron chi connectivity index (χ1n) is 10.2. The summed E-state index contributed by atoms with van der Waals surface area (Å²) in [6, 6.07) is 8.26. The molecule has 32 heavy (non-hydrogen) atoms. The molecule has 1 saturated heterocycles. The Hall–Kier alpha value is -3.98. The molecule has 2 aromatic carbocycles. The Bertz CT molecular complexity index is 1530. The standard InChI is InChI=1S/C23H17FN4O4/c24-15-8-13-18-22(19(15)27-7-5-12(25)9-27)32-21-16(4-3-11-2-1-6-26-17(11)21)28(18)10-14(20(13)29)23(30)31/h1-4,6,8,10,12H,5,7,9,25H2,(H,30,31)/t12-/m0/s1. The topological polar surface area (TPSA) is 111 Å². The van der Waals surface area contributed by atoms with E-state index in [9.17, 15) is 14.7 Å². The Balaban J connectivity index is 1.77. The van der Waals surface area contributed by atoms with E-state index in [4.69, 9.17) is 10.5 Å². The fraction of sp³-hybridized carbons (Fsp3) is 0.174. The van der Waals surface area contributed by atoms with Crippen LogP contribution < -0.4 is 20.8 Å². The molecule has 6 rings (SSSR count). The van der Waals surface area contributed by atoms with Crippen molar-refractivity contribution in [1.29, 1.82) is 0 Å². The third kappa shape index (κ3) is 2.48. The molecule has 160 valence electrons. The molecule has 1 atom stereocenters. The number of ether oxygens (including phenoxy) is 1. The summed E-state index contributed by atoms with van der Waals surface area (Å²) in [4.78, 5) is 30.9. The summed E-state index contributed by atoms with van der Waals surface area (Å²) in [7, 11) is 0. The monoisotopic (exact) mass is 432 g/mol. The van der Waals surface area contributed by atoms with Gasteiger partial charge in [0.25, 0.3) is 0 Å². The van der Waals surface area contributed by atoms with Gasteiger partial charge in [-0.05, 0) is 24.6 Å². The van der Waals surface area contributed by atoms with Gasteiger partial charge in [-0.25, -0.2) is 9.18 Å². The normalized spacial score (nSPS) is 16.9. The number of rotatable bonds is 2. The number of fused-ring (bicyclic) bond motifs is 4. The zero-order valence-electron chi connectivity index (χ0n) is 16.7. The summed E-state index contributed by atoms with van der Waals surface area (Å²) < 4.78 is 23.3. The largest absolute Gasteiger partial charge is 0.477 e. The van der Waals surface area contributed by atoms with Gasteiger partial charge in [-0.3, -0.25) is 9.78 Å². The average Bonchev–Trinajstić information content (AvgIpc) is 3.20. The Kier molecular flexibility index (Phi) is 3.82. The van der Waals surface area contributed by atoms with Gasteiger partial charge in [-0.2, -0.15) is 0 Å². The minimum Gasteiger partial charge on any atom is -0.477 e. The second kappa shape index (κ2) is 6.51. The Labute approximate surface area is 180 Å². The summed E-state index contributed by atoms with van der Waals surface area (Å²) >= 11 is 0. The van der Waals surface area contributed by atoms with Crippen molar-refractivity contribution in [2.75, 3.05) is 18.0 Å². The second-order valence-electron chi connectivity index (χ2n) is 8.07. The lowest BCUT2D eigenvalue weighted by Gasteiger charge is -2.29. The van der Waals surface area contributed by atoms with Crippen LogP contribution in [0.5, 0.6) is 11.5 Å². The van der Waals surface area contributed by atoms with Gasteiger partial charge in [0.05, 0.1) is 11.1 Å². The van der Waals surface area contributed by atoms with Gasteiger partial charge in [0.1, 0.15) is 22.3 Å². The van der Waals surface area contributed by atoms with Crippen LogP contribution in [0.2, 0.25) is 0 Å². The maximum atomic E-state index is 15.4. The first kappa shape index (κ1) is 18.8. The van der Waals surface area contributed by atoms with Crippen LogP contribution in [0.3, 0.4) is 0 Å². The molecule has 0 bridgehead atoms. The molecule has 2 aliphatic heterocycles. The molecular weight excluding hydrogens is 415 g/mol. The van der Waals surface area contributed by atoms with Crippen LogP contribution in [-0.4, -0.2) is 39.8 Å². The van der Waals surface area contributed by atoms with Crippen LogP contribution in [-0.2, 0) is 0 Å². The summed E-state index contributed by atoms with van der Waals surface area (Å²) in [6.07, 6.45) is 3.59. The molecule has 0 aliphatic carbocycles. The molecule has 3 N–H and O–H groups in total. The minimum atomic E-state index is -1.39. The number of carboxylic acid groups (broad SMARTS) is 1. The van der Waals surface area contributed by atoms with E-state index in [2.05, 4.69) is 4.98 Å². The average molecular weight is 432 g/mol. The lowest BCUT2D eigenvalue weighted by atomic mass is 10.0. The van der Waals surface area contributed by atoms with Gasteiger partial charge < -0.3 is 25.0 Å². The highest BCUT2D eigenvalue weighted by Crippen LogP contribution is 2.48. The third-order valence-electron chi connectivity index (χ3n) is 6.11. The zero-order valence-corrected chi connectivity index (χ0v) is 16.7. The predicted octanol–water partition coefficient (Wildman–Crippen LogP) is 3.02. The molecule has 8 nitrogen and oxygen atoms in total. The van der Waals surface area contributed by atoms with E-state index in [0.717, 1.165) is 11.5 Å². The predicted molar refractivity (Wildman–Crippen MR) is 117 cm³/mol. The second-order valence-corrected chi connectivity index (χ2v) is 8.07. The number of anilines is 1. The summed E-state index contributed by atoms with van der Waals surface area (Å²) in [5.41, 5.74) is 6.43. The smallest absolute Gasteiger partial charge is 0.341 e. The SMILES string of the molecule is N[C@H]1CCN(c2c(F)cc3c(=O)c(C(=O)O)cn4c3c2Oc2c-4ccc3cccnc23)C1. The quantitative estimate of drug-likeness (QED) is 0.441. The van der Waals surface area contributed by atoms with E-state index in [1.54, 1.807) is 27.8 Å². The Morgan fingerprint density at radius 1 is 1.28 bits per heavy atom. The Morgan fingerprint density at radius 3 is 2.88 bits per heavy atom. The molecule has 4 aromatic rings. The van der Waals surface area contributed by atoms with Crippen molar-refractivity contribution in [2.24, 2.45) is 5.73 Å². The molecule has 0 amide bonds. The first-order valence-corrected chi connectivity index (χ1v) is 10.2. The maximum absolute atomic E-state index is 15.4. The molecule has 0 radical (unpaired) electrons. The molecule has 4 heterocycles. The molecule has 0 spiro atoms. The highest BCUT2D eigenvalue weighted by atomic mass is 19.1. The van der Waals surface area contributed by atoms with E-state index in [1.165, 1.54) is 6.20 Å². The molecule has 2 aromatic heterocycles. The fourth-order valence-electron chi connectivity index (χ4n) is 4.64. The maximum Gasteiger partial charge on any atom is 0.341 e. The first-order chi connectivity index (χ1) is 15.4. The van der Waals surface area contributed by atoms with Crippen molar-refractivity contribution in [2.45, 2.75) is 12.5 Å². The number of halogens is 1. The molecule has 9 heteroatoms. The number of benzene rings is 2. The van der Waals surface area contributed by atoms with Crippen molar-refractivity contribution >= 4 is 33.5 Å². The van der Waals surface area contributed by atoms with E-state index < -0.39 is 22.8 Å². The number of hydrogen-bond donors (Lipinski definition) is 2. The van der Waals surface area contributed by atoms with Crippen molar-refractivity contribution in [3.05, 3.63) is 64.3 Å². The van der Waals surface area contributed by atoms with E-state index in [-0.39, 0.29) is 22.9 Å². The van der Waals surface area contributed by atoms with E-state index in [1.807, 2.05) is 12.1 Å². The van der Waals surface area contributed by atoms with Gasteiger partial charge in [-0.15, -0.1) is 0 Å². The van der Waals surface area contributed by atoms with E-state index >= 15 is 4.39 Å². The van der Waals surface area contributed by atoms with Crippen molar-refractivity contribution in [3.8, 4) is 17.2 Å². The number of nitrogens with zero attached hydrogens (tertiary/aromatic N) is 3. The van der Waals surface area contributed by atoms with Gasteiger partial charge in [0, 0.05) is 36.9 Å². The number of pyridine rings is 2. The van der Waals surface area contributed by atoms with Gasteiger partial charge in [0.15, 0.2) is 17.3 Å². The van der Waals surface area contributed by atoms with Crippen LogP contribution in [0.1, 0.15) is 16.8 Å². The number of hydrogen-bond acceptors (Lipinski definition) is 6. The molecular formula is C23H17FN4O4. The number of carbonyl (C=O) groups is 1. The lowest BCUT2D eigenvalue weighted by Crippen LogP contribution is -2.28. The number of aromatic nitrogens is 2. The van der Waals surface area contributed by atoms with Crippen molar-refractivity contribution in [3.63, 3.8) is 0 Å². The van der Waals surface area contributed by atoms with Crippen LogP contribution in [0.25, 0.3) is 27.5 Å². The van der Waals surface area contributed by atoms with Gasteiger partial charge >= 0.3 is 5.97 Å². The minimum absolute atomic E-state index is 0.0589. The van der Waals surface area contributed by atoms with Crippen LogP contribution in [0, 0.1) is 5.82 Å². The molecule has 0 saturated carbocycles.